The van der Waals surface area contributed by atoms with E-state index < -0.39 is 0 Å². The molecule has 5 heteroatoms. The number of hydrogen-bond donors (Lipinski definition) is 0. The molecule has 1 fully saturated rings. The minimum absolute atomic E-state index is 0.318. The zero-order valence-corrected chi connectivity index (χ0v) is 11.2. The van der Waals surface area contributed by atoms with Gasteiger partial charge >= 0.3 is 0 Å². The first-order valence-corrected chi connectivity index (χ1v) is 6.93. The van der Waals surface area contributed by atoms with Gasteiger partial charge in [-0.05, 0) is 47.3 Å². The molecule has 2 aliphatic rings. The van der Waals surface area contributed by atoms with Crippen LogP contribution in [-0.4, -0.2) is 14.5 Å². The number of nitrogens with zero attached hydrogens (tertiary/aromatic N) is 3. The molecule has 3 nitrogen and oxygen atoms in total. The Bertz CT molecular complexity index is 620. The van der Waals surface area contributed by atoms with Crippen molar-refractivity contribution in [3.8, 4) is 11.4 Å². The van der Waals surface area contributed by atoms with Gasteiger partial charge in [0.25, 0.3) is 0 Å². The van der Waals surface area contributed by atoms with Crippen molar-refractivity contribution < 1.29 is 4.39 Å². The van der Waals surface area contributed by atoms with Gasteiger partial charge in [0.2, 0.25) is 0 Å². The van der Waals surface area contributed by atoms with E-state index in [1.54, 1.807) is 6.07 Å². The molecule has 0 N–H and O–H groups in total. The summed E-state index contributed by atoms with van der Waals surface area (Å²) < 4.78 is 16.2. The summed E-state index contributed by atoms with van der Waals surface area (Å²) in [4.78, 5) is 8.82. The first-order valence-electron chi connectivity index (χ1n) is 6.13. The first-order chi connectivity index (χ1) is 8.74. The van der Waals surface area contributed by atoms with Crippen molar-refractivity contribution in [2.75, 3.05) is 0 Å². The van der Waals surface area contributed by atoms with Gasteiger partial charge < -0.3 is 4.57 Å². The van der Waals surface area contributed by atoms with Crippen LogP contribution in [0.15, 0.2) is 22.9 Å². The Balaban J connectivity index is 1.86. The van der Waals surface area contributed by atoms with Gasteiger partial charge in [0, 0.05) is 12.0 Å². The van der Waals surface area contributed by atoms with E-state index in [2.05, 4.69) is 25.5 Å². The summed E-state index contributed by atoms with van der Waals surface area (Å²) >= 11 is 3.63. The Labute approximate surface area is 112 Å². The third-order valence-corrected chi connectivity index (χ3v) is 4.74. The van der Waals surface area contributed by atoms with Crippen molar-refractivity contribution in [2.24, 2.45) is 0 Å². The average Bonchev–Trinajstić information content (AvgIpc) is 3.03. The largest absolute Gasteiger partial charge is 0.319 e. The number of rotatable bonds is 1. The smallest absolute Gasteiger partial charge is 0.141 e. The molecule has 0 spiro atoms. The van der Waals surface area contributed by atoms with Crippen molar-refractivity contribution in [3.63, 3.8) is 0 Å². The second kappa shape index (κ2) is 3.63. The fourth-order valence-corrected chi connectivity index (χ4v) is 3.93. The Hall–Kier alpha value is -1.23. The quantitative estimate of drug-likeness (QED) is 0.805. The van der Waals surface area contributed by atoms with Gasteiger partial charge in [-0.25, -0.2) is 9.37 Å². The summed E-state index contributed by atoms with van der Waals surface area (Å²) in [5.41, 5.74) is 1.56. The zero-order valence-electron chi connectivity index (χ0n) is 9.61. The van der Waals surface area contributed by atoms with E-state index in [9.17, 15) is 4.39 Å². The minimum Gasteiger partial charge on any atom is -0.319 e. The molecule has 92 valence electrons. The van der Waals surface area contributed by atoms with Gasteiger partial charge in [-0.2, -0.15) is 0 Å². The monoisotopic (exact) mass is 307 g/mol. The zero-order chi connectivity index (χ0) is 12.3. The first kappa shape index (κ1) is 10.7. The Kier molecular flexibility index (Phi) is 2.15. The fourth-order valence-electron chi connectivity index (χ4n) is 3.17. The van der Waals surface area contributed by atoms with Gasteiger partial charge in [-0.15, -0.1) is 0 Å². The number of imidazole rings is 1. The van der Waals surface area contributed by atoms with E-state index in [0.29, 0.717) is 12.0 Å². The van der Waals surface area contributed by atoms with Crippen molar-refractivity contribution in [1.29, 1.82) is 0 Å². The summed E-state index contributed by atoms with van der Waals surface area (Å²) in [6, 6.07) is 3.69. The normalized spacial score (nSPS) is 24.6. The van der Waals surface area contributed by atoms with E-state index in [1.165, 1.54) is 37.4 Å². The molecule has 2 bridgehead atoms. The summed E-state index contributed by atoms with van der Waals surface area (Å²) in [6.07, 6.45) is 4.94. The molecule has 1 aliphatic carbocycles. The number of hydrogen-bond acceptors (Lipinski definition) is 2. The Morgan fingerprint density at radius 1 is 1.33 bits per heavy atom. The third-order valence-electron chi connectivity index (χ3n) is 3.99. The van der Waals surface area contributed by atoms with Crippen molar-refractivity contribution >= 4 is 15.9 Å². The van der Waals surface area contributed by atoms with Crippen LogP contribution in [0.4, 0.5) is 4.39 Å². The predicted octanol–water partition coefficient (Wildman–Crippen LogP) is 3.67. The summed E-state index contributed by atoms with van der Waals surface area (Å²) in [5, 5.41) is 0. The van der Waals surface area contributed by atoms with E-state index in [4.69, 9.17) is 4.98 Å². The minimum atomic E-state index is -0.318. The second-order valence-corrected chi connectivity index (χ2v) is 5.76. The van der Waals surface area contributed by atoms with Crippen LogP contribution >= 0.6 is 15.9 Å². The highest BCUT2D eigenvalue weighted by molar-refractivity contribution is 9.10. The lowest BCUT2D eigenvalue weighted by Gasteiger charge is -2.13. The predicted molar refractivity (Wildman–Crippen MR) is 68.7 cm³/mol. The molecular weight excluding hydrogens is 297 g/mol. The summed E-state index contributed by atoms with van der Waals surface area (Å²) in [6.45, 7) is 0. The molecule has 18 heavy (non-hydrogen) atoms. The molecule has 4 rings (SSSR count). The van der Waals surface area contributed by atoms with E-state index in [1.807, 2.05) is 0 Å². The van der Waals surface area contributed by atoms with Crippen LogP contribution < -0.4 is 0 Å². The molecular formula is C13H11BrFN3. The van der Waals surface area contributed by atoms with Crippen LogP contribution in [0.25, 0.3) is 11.4 Å². The van der Waals surface area contributed by atoms with Gasteiger partial charge in [0.05, 0.1) is 11.9 Å². The van der Waals surface area contributed by atoms with Crippen molar-refractivity contribution in [2.45, 2.75) is 31.2 Å². The lowest BCUT2D eigenvalue weighted by molar-refractivity contribution is 0.518. The molecule has 0 saturated heterocycles. The van der Waals surface area contributed by atoms with Gasteiger partial charge in [-0.3, -0.25) is 4.98 Å². The molecule has 1 saturated carbocycles. The highest BCUT2D eigenvalue weighted by Crippen LogP contribution is 2.51. The molecule has 0 unspecified atom stereocenters. The van der Waals surface area contributed by atoms with Crippen molar-refractivity contribution in [3.05, 3.63) is 34.6 Å². The maximum atomic E-state index is 12.9. The summed E-state index contributed by atoms with van der Waals surface area (Å²) in [7, 11) is 0. The molecule has 2 aromatic heterocycles. The highest BCUT2D eigenvalue weighted by Gasteiger charge is 2.40. The van der Waals surface area contributed by atoms with Crippen LogP contribution in [0.3, 0.4) is 0 Å². The van der Waals surface area contributed by atoms with E-state index in [0.717, 1.165) is 16.0 Å². The fraction of sp³-hybridized carbons (Fsp3) is 0.385. The number of pyridine rings is 1. The second-order valence-electron chi connectivity index (χ2n) is 5.00. The van der Waals surface area contributed by atoms with Crippen LogP contribution in [0, 0.1) is 5.82 Å². The van der Waals surface area contributed by atoms with E-state index in [-0.39, 0.29) is 5.82 Å². The molecule has 0 aromatic carbocycles. The lowest BCUT2D eigenvalue weighted by atomic mass is 10.1. The molecule has 3 heterocycles. The topological polar surface area (TPSA) is 30.7 Å². The number of aromatic nitrogens is 3. The maximum absolute atomic E-state index is 12.9. The van der Waals surface area contributed by atoms with Gasteiger partial charge in [-0.1, -0.05) is 0 Å². The van der Waals surface area contributed by atoms with Crippen LogP contribution in [0.1, 0.15) is 37.0 Å². The molecule has 2 atom stereocenters. The molecule has 2 aromatic rings. The Morgan fingerprint density at radius 2 is 2.22 bits per heavy atom. The molecule has 1 aliphatic heterocycles. The van der Waals surface area contributed by atoms with Crippen molar-refractivity contribution in [1.82, 2.24) is 14.5 Å². The highest BCUT2D eigenvalue weighted by atomic mass is 79.9. The SMILES string of the molecule is Fc1ccc(-c2nc3n(c2Br)[C@H]2CC[C@@H]3C2)nc1. The molecule has 0 radical (unpaired) electrons. The lowest BCUT2D eigenvalue weighted by Crippen LogP contribution is -2.06. The Morgan fingerprint density at radius 3 is 2.94 bits per heavy atom. The third kappa shape index (κ3) is 1.34. The van der Waals surface area contributed by atoms with Gasteiger partial charge in [0.15, 0.2) is 0 Å². The average molecular weight is 308 g/mol. The number of halogens is 2. The standard InChI is InChI=1S/C13H11BrFN3/c14-12-11(10-4-2-8(15)6-16-10)17-13-7-1-3-9(5-7)18(12)13/h2,4,6-7,9H,1,3,5H2/t7-,9+/m1/s1. The summed E-state index contributed by atoms with van der Waals surface area (Å²) in [5.74, 6) is 1.45. The van der Waals surface area contributed by atoms with Crippen LogP contribution in [-0.2, 0) is 0 Å². The van der Waals surface area contributed by atoms with Crippen LogP contribution in [0.5, 0.6) is 0 Å². The molecule has 0 amide bonds. The van der Waals surface area contributed by atoms with Crippen LogP contribution in [0.2, 0.25) is 0 Å². The van der Waals surface area contributed by atoms with E-state index >= 15 is 0 Å². The maximum Gasteiger partial charge on any atom is 0.141 e. The van der Waals surface area contributed by atoms with Gasteiger partial charge in [0.1, 0.15) is 21.9 Å². The number of fused-ring (bicyclic) bond motifs is 5.